The number of piperazine rings is 1. The number of hydrogen-bond acceptors (Lipinski definition) is 6. The Morgan fingerprint density at radius 1 is 0.972 bits per heavy atom. The summed E-state index contributed by atoms with van der Waals surface area (Å²) < 4.78 is 14.6. The summed E-state index contributed by atoms with van der Waals surface area (Å²) in [6.07, 6.45) is 1.36. The van der Waals surface area contributed by atoms with Crippen LogP contribution in [-0.2, 0) is 0 Å². The molecule has 1 saturated heterocycles. The van der Waals surface area contributed by atoms with Gasteiger partial charge in [-0.25, -0.2) is 9.37 Å². The maximum absolute atomic E-state index is 13.1. The van der Waals surface area contributed by atoms with Crippen LogP contribution in [-0.4, -0.2) is 83.4 Å². The van der Waals surface area contributed by atoms with E-state index in [0.717, 1.165) is 26.2 Å². The molecule has 3 amide bonds. The van der Waals surface area contributed by atoms with Gasteiger partial charge in [0.05, 0.1) is 0 Å². The third-order valence-corrected chi connectivity index (χ3v) is 6.04. The van der Waals surface area contributed by atoms with E-state index < -0.39 is 17.6 Å². The van der Waals surface area contributed by atoms with Crippen molar-refractivity contribution in [1.82, 2.24) is 24.7 Å². The molecule has 0 unspecified atom stereocenters. The van der Waals surface area contributed by atoms with Gasteiger partial charge in [0.2, 0.25) is 0 Å². The standard InChI is InChI=1S/C25H28FN7O3/c1-31-12-14-32(15-13-31)11-10-28-25(36)22-21(23(27)34)29-16-33(22)20-8-6-19(7-9-20)30-24(35)17-2-4-18(26)5-3-17/h2-9,16H,10-15H2,1H3,(H2,27,34)(H,28,36)(H,30,35). The van der Waals surface area contributed by atoms with E-state index in [1.54, 1.807) is 24.3 Å². The van der Waals surface area contributed by atoms with Crippen molar-refractivity contribution in [2.24, 2.45) is 5.73 Å². The second-order valence-electron chi connectivity index (χ2n) is 8.58. The number of imidazole rings is 1. The first-order valence-corrected chi connectivity index (χ1v) is 11.6. The van der Waals surface area contributed by atoms with E-state index in [1.807, 2.05) is 0 Å². The summed E-state index contributed by atoms with van der Waals surface area (Å²) in [4.78, 5) is 45.9. The predicted octanol–water partition coefficient (Wildman–Crippen LogP) is 1.34. The van der Waals surface area contributed by atoms with Crippen molar-refractivity contribution < 1.29 is 18.8 Å². The zero-order valence-electron chi connectivity index (χ0n) is 19.9. The van der Waals surface area contributed by atoms with Crippen LogP contribution in [0.4, 0.5) is 10.1 Å². The number of carbonyl (C=O) groups is 3. The minimum atomic E-state index is -0.804. The molecule has 0 aliphatic carbocycles. The van der Waals surface area contributed by atoms with E-state index >= 15 is 0 Å². The molecule has 188 valence electrons. The van der Waals surface area contributed by atoms with Crippen molar-refractivity contribution in [1.29, 1.82) is 0 Å². The first kappa shape index (κ1) is 25.0. The Hall–Kier alpha value is -4.09. The third kappa shape index (κ3) is 5.93. The van der Waals surface area contributed by atoms with Gasteiger partial charge >= 0.3 is 0 Å². The van der Waals surface area contributed by atoms with Crippen LogP contribution < -0.4 is 16.4 Å². The normalized spacial score (nSPS) is 14.4. The van der Waals surface area contributed by atoms with Crippen LogP contribution in [0.1, 0.15) is 31.3 Å². The number of nitrogens with one attached hydrogen (secondary N) is 2. The van der Waals surface area contributed by atoms with Crippen molar-refractivity contribution in [3.05, 3.63) is 77.6 Å². The summed E-state index contributed by atoms with van der Waals surface area (Å²) in [7, 11) is 2.08. The Balaban J connectivity index is 1.45. The summed E-state index contributed by atoms with van der Waals surface area (Å²) in [6, 6.07) is 11.9. The maximum atomic E-state index is 13.1. The molecule has 1 aliphatic heterocycles. The van der Waals surface area contributed by atoms with Gasteiger partial charge in [0.15, 0.2) is 5.69 Å². The number of halogens is 1. The molecule has 0 saturated carbocycles. The molecule has 1 fully saturated rings. The van der Waals surface area contributed by atoms with E-state index in [2.05, 4.69) is 32.5 Å². The highest BCUT2D eigenvalue weighted by Crippen LogP contribution is 2.19. The second kappa shape index (κ2) is 11.1. The number of amides is 3. The summed E-state index contributed by atoms with van der Waals surface area (Å²) in [6.45, 7) is 4.93. The fraction of sp³-hybridized carbons (Fsp3) is 0.280. The van der Waals surface area contributed by atoms with Gasteiger partial charge in [-0.1, -0.05) is 0 Å². The monoisotopic (exact) mass is 493 g/mol. The predicted molar refractivity (Wildman–Crippen MR) is 133 cm³/mol. The van der Waals surface area contributed by atoms with Crippen LogP contribution in [0.15, 0.2) is 54.9 Å². The lowest BCUT2D eigenvalue weighted by atomic mass is 10.2. The Kier molecular flexibility index (Phi) is 7.71. The van der Waals surface area contributed by atoms with Gasteiger partial charge in [-0.15, -0.1) is 0 Å². The van der Waals surface area contributed by atoms with Crippen LogP contribution in [0.2, 0.25) is 0 Å². The van der Waals surface area contributed by atoms with E-state index in [4.69, 9.17) is 5.73 Å². The molecule has 36 heavy (non-hydrogen) atoms. The van der Waals surface area contributed by atoms with Crippen molar-refractivity contribution >= 4 is 23.4 Å². The Morgan fingerprint density at radius 3 is 2.28 bits per heavy atom. The van der Waals surface area contributed by atoms with Crippen LogP contribution in [0.5, 0.6) is 0 Å². The largest absolute Gasteiger partial charge is 0.364 e. The Labute approximate surface area is 207 Å². The molecule has 0 atom stereocenters. The van der Waals surface area contributed by atoms with Crippen molar-refractivity contribution in [2.45, 2.75) is 0 Å². The second-order valence-corrected chi connectivity index (χ2v) is 8.58. The van der Waals surface area contributed by atoms with E-state index in [9.17, 15) is 18.8 Å². The molecule has 4 N–H and O–H groups in total. The number of nitrogens with zero attached hydrogens (tertiary/aromatic N) is 4. The number of carbonyl (C=O) groups excluding carboxylic acids is 3. The number of nitrogens with two attached hydrogens (primary N) is 1. The summed E-state index contributed by atoms with van der Waals surface area (Å²) >= 11 is 0. The average Bonchev–Trinajstić information content (AvgIpc) is 3.32. The summed E-state index contributed by atoms with van der Waals surface area (Å²) in [5.74, 6) is -2.07. The average molecular weight is 494 g/mol. The molecule has 11 heteroatoms. The molecular weight excluding hydrogens is 465 g/mol. The van der Waals surface area contributed by atoms with Crippen molar-refractivity contribution in [3.8, 4) is 5.69 Å². The molecule has 0 spiro atoms. The van der Waals surface area contributed by atoms with Crippen molar-refractivity contribution in [2.75, 3.05) is 51.6 Å². The molecule has 1 aliphatic rings. The van der Waals surface area contributed by atoms with Crippen LogP contribution >= 0.6 is 0 Å². The van der Waals surface area contributed by atoms with E-state index in [1.165, 1.54) is 35.2 Å². The number of aromatic nitrogens is 2. The van der Waals surface area contributed by atoms with Gasteiger partial charge in [-0.2, -0.15) is 0 Å². The number of benzene rings is 2. The number of primary amides is 1. The summed E-state index contributed by atoms with van der Waals surface area (Å²) in [5, 5.41) is 5.59. The fourth-order valence-corrected chi connectivity index (χ4v) is 3.93. The number of likely N-dealkylation sites (N-methyl/N-ethyl adjacent to an activating group) is 1. The number of hydrogen-bond donors (Lipinski definition) is 3. The number of rotatable bonds is 8. The lowest BCUT2D eigenvalue weighted by Crippen LogP contribution is -2.47. The first-order valence-electron chi connectivity index (χ1n) is 11.6. The molecule has 4 rings (SSSR count). The molecule has 1 aromatic heterocycles. The molecule has 0 bridgehead atoms. The lowest BCUT2D eigenvalue weighted by molar-refractivity contribution is 0.0918. The highest BCUT2D eigenvalue weighted by atomic mass is 19.1. The highest BCUT2D eigenvalue weighted by molar-refractivity contribution is 6.05. The van der Waals surface area contributed by atoms with Crippen LogP contribution in [0, 0.1) is 5.82 Å². The molecule has 2 heterocycles. The smallest absolute Gasteiger partial charge is 0.270 e. The van der Waals surface area contributed by atoms with Gasteiger partial charge in [0.1, 0.15) is 17.8 Å². The van der Waals surface area contributed by atoms with Crippen molar-refractivity contribution in [3.63, 3.8) is 0 Å². The van der Waals surface area contributed by atoms with Gasteiger partial charge in [-0.3, -0.25) is 23.9 Å². The van der Waals surface area contributed by atoms with Crippen LogP contribution in [0.3, 0.4) is 0 Å². The number of anilines is 1. The quantitative estimate of drug-likeness (QED) is 0.435. The zero-order chi connectivity index (χ0) is 25.7. The minimum Gasteiger partial charge on any atom is -0.364 e. The third-order valence-electron chi connectivity index (χ3n) is 6.04. The van der Waals surface area contributed by atoms with Crippen LogP contribution in [0.25, 0.3) is 5.69 Å². The molecule has 2 aromatic carbocycles. The Morgan fingerprint density at radius 2 is 1.64 bits per heavy atom. The zero-order valence-corrected chi connectivity index (χ0v) is 19.9. The van der Waals surface area contributed by atoms with Gasteiger partial charge < -0.3 is 21.3 Å². The minimum absolute atomic E-state index is 0.0453. The van der Waals surface area contributed by atoms with Gasteiger partial charge in [0, 0.05) is 56.2 Å². The molecule has 3 aromatic rings. The summed E-state index contributed by atoms with van der Waals surface area (Å²) in [5.41, 5.74) is 6.76. The SMILES string of the molecule is CN1CCN(CCNC(=O)c2c(C(N)=O)ncn2-c2ccc(NC(=O)c3ccc(F)cc3)cc2)CC1. The molecule has 10 nitrogen and oxygen atoms in total. The lowest BCUT2D eigenvalue weighted by Gasteiger charge is -2.32. The first-order chi connectivity index (χ1) is 17.3. The Bertz CT molecular complexity index is 1230. The fourth-order valence-electron chi connectivity index (χ4n) is 3.93. The highest BCUT2D eigenvalue weighted by Gasteiger charge is 2.23. The van der Waals surface area contributed by atoms with Gasteiger partial charge in [-0.05, 0) is 55.6 Å². The molecular formula is C25H28FN7O3. The topological polar surface area (TPSA) is 126 Å². The van der Waals surface area contributed by atoms with E-state index in [0.29, 0.717) is 30.0 Å². The van der Waals surface area contributed by atoms with Gasteiger partial charge in [0.25, 0.3) is 17.7 Å². The van der Waals surface area contributed by atoms with E-state index in [-0.39, 0.29) is 17.3 Å². The molecule has 0 radical (unpaired) electrons. The maximum Gasteiger partial charge on any atom is 0.270 e.